The number of nitrogens with zero attached hydrogens (tertiary/aromatic N) is 3. The topological polar surface area (TPSA) is 88.9 Å². The van der Waals surface area contributed by atoms with Crippen molar-refractivity contribution in [2.24, 2.45) is 0 Å². The van der Waals surface area contributed by atoms with Gasteiger partial charge in [-0.1, -0.05) is 42.8 Å². The van der Waals surface area contributed by atoms with Crippen molar-refractivity contribution in [3.8, 4) is 5.69 Å². The van der Waals surface area contributed by atoms with Gasteiger partial charge in [-0.15, -0.1) is 5.10 Å². The van der Waals surface area contributed by atoms with Crippen LogP contribution in [0.25, 0.3) is 5.69 Å². The standard InChI is InChI=1S/C17H21N5O2S/c23-15(20-16(24)19-13-6-4-5-7-13)10-11-25-17-18-12-22(21-17)14-8-2-1-3-9-14/h1-3,8-9,12-13H,4-7,10-11H2,(H2,19,20,23,24). The average molecular weight is 359 g/mol. The smallest absolute Gasteiger partial charge is 0.321 e. The molecule has 2 N–H and O–H groups in total. The number of carbonyl (C=O) groups excluding carboxylic acids is 2. The van der Waals surface area contributed by atoms with Gasteiger partial charge in [0.1, 0.15) is 6.33 Å². The maximum absolute atomic E-state index is 11.8. The summed E-state index contributed by atoms with van der Waals surface area (Å²) < 4.78 is 1.69. The van der Waals surface area contributed by atoms with Crippen molar-refractivity contribution in [1.82, 2.24) is 25.4 Å². The molecule has 1 aliphatic carbocycles. The molecule has 1 aliphatic rings. The molecule has 1 saturated carbocycles. The fourth-order valence-electron chi connectivity index (χ4n) is 2.73. The van der Waals surface area contributed by atoms with E-state index in [1.165, 1.54) is 11.8 Å². The van der Waals surface area contributed by atoms with Crippen molar-refractivity contribution in [3.63, 3.8) is 0 Å². The lowest BCUT2D eigenvalue weighted by Gasteiger charge is -2.11. The molecular weight excluding hydrogens is 338 g/mol. The van der Waals surface area contributed by atoms with Gasteiger partial charge < -0.3 is 5.32 Å². The van der Waals surface area contributed by atoms with Crippen molar-refractivity contribution in [1.29, 1.82) is 0 Å². The van der Waals surface area contributed by atoms with E-state index in [1.807, 2.05) is 30.3 Å². The van der Waals surface area contributed by atoms with E-state index in [0.717, 1.165) is 31.4 Å². The van der Waals surface area contributed by atoms with Gasteiger partial charge in [0.2, 0.25) is 11.1 Å². The Morgan fingerprint density at radius 2 is 1.96 bits per heavy atom. The maximum Gasteiger partial charge on any atom is 0.321 e. The number of thioether (sulfide) groups is 1. The average Bonchev–Trinajstić information content (AvgIpc) is 3.27. The molecule has 3 rings (SSSR count). The Bertz CT molecular complexity index is 713. The Morgan fingerprint density at radius 3 is 2.72 bits per heavy atom. The summed E-state index contributed by atoms with van der Waals surface area (Å²) in [4.78, 5) is 27.8. The molecule has 1 aromatic heterocycles. The number of imide groups is 1. The Morgan fingerprint density at radius 1 is 1.20 bits per heavy atom. The summed E-state index contributed by atoms with van der Waals surface area (Å²) in [7, 11) is 0. The number of amides is 3. The number of rotatable bonds is 6. The van der Waals surface area contributed by atoms with Crippen molar-refractivity contribution in [2.45, 2.75) is 43.3 Å². The number of urea groups is 1. The van der Waals surface area contributed by atoms with Gasteiger partial charge in [0.05, 0.1) is 5.69 Å². The summed E-state index contributed by atoms with van der Waals surface area (Å²) in [6.45, 7) is 0. The predicted molar refractivity (Wildman–Crippen MR) is 95.6 cm³/mol. The van der Waals surface area contributed by atoms with Gasteiger partial charge >= 0.3 is 6.03 Å². The number of carbonyl (C=O) groups is 2. The lowest BCUT2D eigenvalue weighted by Crippen LogP contribution is -2.43. The molecule has 0 aliphatic heterocycles. The Labute approximate surface area is 150 Å². The molecule has 8 heteroatoms. The molecule has 0 bridgehead atoms. The van der Waals surface area contributed by atoms with Crippen LogP contribution >= 0.6 is 11.8 Å². The van der Waals surface area contributed by atoms with E-state index in [1.54, 1.807) is 11.0 Å². The van der Waals surface area contributed by atoms with Gasteiger partial charge in [-0.25, -0.2) is 14.5 Å². The maximum atomic E-state index is 11.8. The van der Waals surface area contributed by atoms with Crippen LogP contribution in [0.2, 0.25) is 0 Å². The van der Waals surface area contributed by atoms with E-state index in [-0.39, 0.29) is 18.4 Å². The molecule has 0 saturated heterocycles. The molecule has 0 radical (unpaired) electrons. The number of para-hydroxylation sites is 1. The molecule has 0 atom stereocenters. The Hall–Kier alpha value is -2.35. The lowest BCUT2D eigenvalue weighted by atomic mass is 10.2. The summed E-state index contributed by atoms with van der Waals surface area (Å²) in [5, 5.41) is 10.2. The van der Waals surface area contributed by atoms with Crippen LogP contribution in [0, 0.1) is 0 Å². The first-order valence-electron chi connectivity index (χ1n) is 8.41. The molecule has 0 unspecified atom stereocenters. The molecule has 1 heterocycles. The highest BCUT2D eigenvalue weighted by molar-refractivity contribution is 7.99. The van der Waals surface area contributed by atoms with Gasteiger partial charge in [0, 0.05) is 18.2 Å². The Balaban J connectivity index is 1.38. The third-order valence-electron chi connectivity index (χ3n) is 4.00. The van der Waals surface area contributed by atoms with E-state index in [2.05, 4.69) is 20.7 Å². The second-order valence-corrected chi connectivity index (χ2v) is 6.97. The van der Waals surface area contributed by atoms with Crippen LogP contribution in [0.5, 0.6) is 0 Å². The normalized spacial score (nSPS) is 14.4. The van der Waals surface area contributed by atoms with E-state index in [4.69, 9.17) is 0 Å². The van der Waals surface area contributed by atoms with Crippen LogP contribution in [0.15, 0.2) is 41.8 Å². The molecule has 132 valence electrons. The first-order chi connectivity index (χ1) is 12.2. The molecule has 0 spiro atoms. The van der Waals surface area contributed by atoms with Crippen molar-refractivity contribution in [3.05, 3.63) is 36.7 Å². The largest absolute Gasteiger partial charge is 0.335 e. The van der Waals surface area contributed by atoms with Crippen molar-refractivity contribution < 1.29 is 9.59 Å². The summed E-state index contributed by atoms with van der Waals surface area (Å²) in [5.74, 6) is 0.229. The highest BCUT2D eigenvalue weighted by atomic mass is 32.2. The number of nitrogens with one attached hydrogen (secondary N) is 2. The monoisotopic (exact) mass is 359 g/mol. The number of aromatic nitrogens is 3. The first kappa shape index (κ1) is 17.5. The number of benzene rings is 1. The van der Waals surface area contributed by atoms with Crippen LogP contribution in [0.1, 0.15) is 32.1 Å². The molecule has 1 fully saturated rings. The van der Waals surface area contributed by atoms with Gasteiger partial charge in [-0.3, -0.25) is 10.1 Å². The number of hydrogen-bond acceptors (Lipinski definition) is 5. The summed E-state index contributed by atoms with van der Waals surface area (Å²) in [5.41, 5.74) is 0.933. The van der Waals surface area contributed by atoms with Crippen LogP contribution in [0.4, 0.5) is 4.79 Å². The minimum absolute atomic E-state index is 0.202. The zero-order valence-electron chi connectivity index (χ0n) is 13.9. The van der Waals surface area contributed by atoms with E-state index in [9.17, 15) is 9.59 Å². The minimum atomic E-state index is -0.395. The van der Waals surface area contributed by atoms with Crippen molar-refractivity contribution >= 4 is 23.7 Å². The van der Waals surface area contributed by atoms with E-state index in [0.29, 0.717) is 10.9 Å². The van der Waals surface area contributed by atoms with Gasteiger partial charge in [-0.05, 0) is 25.0 Å². The van der Waals surface area contributed by atoms with Crippen LogP contribution in [0.3, 0.4) is 0 Å². The molecule has 25 heavy (non-hydrogen) atoms. The van der Waals surface area contributed by atoms with Crippen LogP contribution in [-0.4, -0.2) is 38.5 Å². The second kappa shape index (κ2) is 8.66. The quantitative estimate of drug-likeness (QED) is 0.774. The zero-order valence-corrected chi connectivity index (χ0v) is 14.7. The highest BCUT2D eigenvalue weighted by Gasteiger charge is 2.18. The third kappa shape index (κ3) is 5.32. The van der Waals surface area contributed by atoms with Gasteiger partial charge in [0.15, 0.2) is 0 Å². The molecule has 7 nitrogen and oxygen atoms in total. The molecule has 2 aromatic rings. The van der Waals surface area contributed by atoms with Gasteiger partial charge in [-0.2, -0.15) is 0 Å². The molecule has 3 amide bonds. The number of hydrogen-bond donors (Lipinski definition) is 2. The van der Waals surface area contributed by atoms with Crippen molar-refractivity contribution in [2.75, 3.05) is 5.75 Å². The second-order valence-electron chi connectivity index (χ2n) is 5.91. The lowest BCUT2D eigenvalue weighted by molar-refractivity contribution is -0.119. The third-order valence-corrected chi connectivity index (χ3v) is 4.85. The SMILES string of the molecule is O=C(CCSc1ncn(-c2ccccc2)n1)NC(=O)NC1CCCC1. The predicted octanol–water partition coefficient (Wildman–Crippen LogP) is 2.52. The van der Waals surface area contributed by atoms with E-state index >= 15 is 0 Å². The fourth-order valence-corrected chi connectivity index (χ4v) is 3.47. The minimum Gasteiger partial charge on any atom is -0.335 e. The van der Waals surface area contributed by atoms with Crippen LogP contribution < -0.4 is 10.6 Å². The summed E-state index contributed by atoms with van der Waals surface area (Å²) >= 11 is 1.39. The fraction of sp³-hybridized carbons (Fsp3) is 0.412. The zero-order chi connectivity index (χ0) is 17.5. The summed E-state index contributed by atoms with van der Waals surface area (Å²) in [6.07, 6.45) is 6.14. The Kier molecular flexibility index (Phi) is 6.05. The molecular formula is C17H21N5O2S. The highest BCUT2D eigenvalue weighted by Crippen LogP contribution is 2.17. The van der Waals surface area contributed by atoms with Gasteiger partial charge in [0.25, 0.3) is 0 Å². The molecule has 1 aromatic carbocycles. The van der Waals surface area contributed by atoms with Crippen LogP contribution in [-0.2, 0) is 4.79 Å². The summed E-state index contributed by atoms with van der Waals surface area (Å²) in [6, 6.07) is 9.51. The van der Waals surface area contributed by atoms with E-state index < -0.39 is 6.03 Å². The first-order valence-corrected chi connectivity index (χ1v) is 9.39.